The van der Waals surface area contributed by atoms with Gasteiger partial charge in [0.1, 0.15) is 0 Å². The van der Waals surface area contributed by atoms with Crippen LogP contribution in [-0.4, -0.2) is 4.98 Å². The molecule has 0 bridgehead atoms. The minimum absolute atomic E-state index is 0.215. The highest BCUT2D eigenvalue weighted by atomic mass is 14.7. The van der Waals surface area contributed by atoms with Gasteiger partial charge in [-0.1, -0.05) is 46.6 Å². The van der Waals surface area contributed by atoms with Crippen molar-refractivity contribution < 1.29 is 0 Å². The Morgan fingerprint density at radius 3 is 2.18 bits per heavy atom. The summed E-state index contributed by atoms with van der Waals surface area (Å²) in [6.07, 6.45) is 7.46. The molecule has 1 aromatic rings. The molecule has 0 atom stereocenters. The Bertz CT molecular complexity index is 350. The van der Waals surface area contributed by atoms with Crippen molar-refractivity contribution in [3.8, 4) is 0 Å². The predicted octanol–water partition coefficient (Wildman–Crippen LogP) is 4.67. The fourth-order valence-corrected chi connectivity index (χ4v) is 2.65. The van der Waals surface area contributed by atoms with Gasteiger partial charge in [-0.2, -0.15) is 0 Å². The van der Waals surface area contributed by atoms with Gasteiger partial charge < -0.3 is 0 Å². The lowest BCUT2D eigenvalue weighted by molar-refractivity contribution is 0.344. The van der Waals surface area contributed by atoms with Gasteiger partial charge >= 0.3 is 0 Å². The molecule has 94 valence electrons. The Labute approximate surface area is 106 Å². The lowest BCUT2D eigenvalue weighted by Gasteiger charge is -2.26. The molecule has 0 aliphatic heterocycles. The van der Waals surface area contributed by atoms with E-state index in [-0.39, 0.29) is 5.41 Å². The van der Waals surface area contributed by atoms with Crippen LogP contribution in [0.3, 0.4) is 0 Å². The highest BCUT2D eigenvalue weighted by Crippen LogP contribution is 2.35. The van der Waals surface area contributed by atoms with Crippen LogP contribution in [0.4, 0.5) is 0 Å². The van der Waals surface area contributed by atoms with Crippen LogP contribution in [0.5, 0.6) is 0 Å². The van der Waals surface area contributed by atoms with Gasteiger partial charge in [0.25, 0.3) is 0 Å². The summed E-state index contributed by atoms with van der Waals surface area (Å²) in [5.74, 6) is 1.63. The van der Waals surface area contributed by atoms with Crippen LogP contribution in [0.25, 0.3) is 0 Å². The summed E-state index contributed by atoms with van der Waals surface area (Å²) >= 11 is 0. The molecule has 1 nitrogen and oxygen atoms in total. The van der Waals surface area contributed by atoms with Gasteiger partial charge in [-0.15, -0.1) is 0 Å². The quantitative estimate of drug-likeness (QED) is 0.684. The smallest absolute Gasteiger partial charge is 0.0434 e. The van der Waals surface area contributed by atoms with Crippen LogP contribution in [0, 0.1) is 5.92 Å². The molecule has 1 fully saturated rings. The van der Waals surface area contributed by atoms with Gasteiger partial charge in [-0.25, -0.2) is 0 Å². The zero-order valence-corrected chi connectivity index (χ0v) is 11.7. The highest BCUT2D eigenvalue weighted by molar-refractivity contribution is 5.23. The average molecular weight is 231 g/mol. The van der Waals surface area contributed by atoms with E-state index < -0.39 is 0 Å². The molecule has 2 rings (SSSR count). The number of hydrogen-bond acceptors (Lipinski definition) is 1. The average Bonchev–Trinajstić information content (AvgIpc) is 2.29. The molecule has 0 spiro atoms. The third-order valence-electron chi connectivity index (χ3n) is 4.09. The zero-order chi connectivity index (χ0) is 12.5. The molecule has 0 amide bonds. The summed E-state index contributed by atoms with van der Waals surface area (Å²) in [7, 11) is 0. The first-order chi connectivity index (χ1) is 7.97. The molecule has 0 aromatic carbocycles. The van der Waals surface area contributed by atoms with Crippen LogP contribution in [0.1, 0.15) is 70.6 Å². The zero-order valence-electron chi connectivity index (χ0n) is 11.7. The molecule has 1 aromatic heterocycles. The maximum Gasteiger partial charge on any atom is 0.0434 e. The Hall–Kier alpha value is -0.850. The van der Waals surface area contributed by atoms with Crippen molar-refractivity contribution in [1.29, 1.82) is 0 Å². The maximum atomic E-state index is 4.69. The number of rotatable bonds is 1. The molecule has 1 saturated carbocycles. The summed E-state index contributed by atoms with van der Waals surface area (Å²) in [5, 5.41) is 0. The van der Waals surface area contributed by atoms with Gasteiger partial charge in [0.15, 0.2) is 0 Å². The van der Waals surface area contributed by atoms with E-state index in [4.69, 9.17) is 4.98 Å². The van der Waals surface area contributed by atoms with Crippen LogP contribution < -0.4 is 0 Å². The molecule has 1 aliphatic carbocycles. The first-order valence-electron chi connectivity index (χ1n) is 6.93. The van der Waals surface area contributed by atoms with E-state index in [2.05, 4.69) is 46.0 Å². The first-order valence-corrected chi connectivity index (χ1v) is 6.93. The van der Waals surface area contributed by atoms with E-state index in [0.29, 0.717) is 5.92 Å². The van der Waals surface area contributed by atoms with Crippen LogP contribution in [0.15, 0.2) is 18.3 Å². The summed E-state index contributed by atoms with van der Waals surface area (Å²) in [4.78, 5) is 4.69. The van der Waals surface area contributed by atoms with Crippen molar-refractivity contribution in [3.63, 3.8) is 0 Å². The standard InChI is InChI=1S/C16H25N/c1-12-5-7-13(8-6-12)15-10-9-14(11-17-15)16(2,3)4/h9-13H,5-8H2,1-4H3. The first kappa shape index (κ1) is 12.6. The third-order valence-corrected chi connectivity index (χ3v) is 4.09. The van der Waals surface area contributed by atoms with Crippen molar-refractivity contribution in [3.05, 3.63) is 29.6 Å². The third kappa shape index (κ3) is 3.08. The van der Waals surface area contributed by atoms with Crippen molar-refractivity contribution in [1.82, 2.24) is 4.98 Å². The fourth-order valence-electron chi connectivity index (χ4n) is 2.65. The predicted molar refractivity (Wildman–Crippen MR) is 73.3 cm³/mol. The van der Waals surface area contributed by atoms with Crippen molar-refractivity contribution in [2.75, 3.05) is 0 Å². The van der Waals surface area contributed by atoms with Crippen LogP contribution >= 0.6 is 0 Å². The summed E-state index contributed by atoms with van der Waals surface area (Å²) in [6, 6.07) is 4.52. The summed E-state index contributed by atoms with van der Waals surface area (Å²) in [6.45, 7) is 9.09. The van der Waals surface area contributed by atoms with E-state index in [1.165, 1.54) is 36.9 Å². The van der Waals surface area contributed by atoms with Gasteiger partial charge in [-0.3, -0.25) is 4.98 Å². The van der Waals surface area contributed by atoms with Crippen LogP contribution in [-0.2, 0) is 5.41 Å². The molecule has 1 aliphatic rings. The van der Waals surface area contributed by atoms with E-state index >= 15 is 0 Å². The minimum atomic E-state index is 0.215. The van der Waals surface area contributed by atoms with Crippen molar-refractivity contribution in [2.24, 2.45) is 5.92 Å². The molecule has 1 heterocycles. The summed E-state index contributed by atoms with van der Waals surface area (Å²) < 4.78 is 0. The van der Waals surface area contributed by atoms with Gasteiger partial charge in [0.2, 0.25) is 0 Å². The maximum absolute atomic E-state index is 4.69. The lowest BCUT2D eigenvalue weighted by atomic mass is 9.81. The van der Waals surface area contributed by atoms with E-state index in [9.17, 15) is 0 Å². The SMILES string of the molecule is CC1CCC(c2ccc(C(C)(C)C)cn2)CC1. The second-order valence-corrected chi connectivity index (χ2v) is 6.68. The number of hydrogen-bond donors (Lipinski definition) is 0. The largest absolute Gasteiger partial charge is 0.261 e. The monoisotopic (exact) mass is 231 g/mol. The molecule has 1 heteroatoms. The minimum Gasteiger partial charge on any atom is -0.261 e. The van der Waals surface area contributed by atoms with Gasteiger partial charge in [0.05, 0.1) is 0 Å². The molecule has 0 unspecified atom stereocenters. The van der Waals surface area contributed by atoms with Gasteiger partial charge in [0, 0.05) is 17.8 Å². The topological polar surface area (TPSA) is 12.9 Å². The normalized spacial score (nSPS) is 25.9. The summed E-state index contributed by atoms with van der Waals surface area (Å²) in [5.41, 5.74) is 2.86. The van der Waals surface area contributed by atoms with Crippen molar-refractivity contribution >= 4 is 0 Å². The number of aromatic nitrogens is 1. The van der Waals surface area contributed by atoms with E-state index in [1.54, 1.807) is 0 Å². The molecule has 0 radical (unpaired) electrons. The van der Waals surface area contributed by atoms with Crippen molar-refractivity contribution in [2.45, 2.75) is 64.7 Å². The fraction of sp³-hybridized carbons (Fsp3) is 0.688. The van der Waals surface area contributed by atoms with E-state index in [1.807, 2.05) is 0 Å². The lowest BCUT2D eigenvalue weighted by Crippen LogP contribution is -2.14. The molecule has 0 N–H and O–H groups in total. The highest BCUT2D eigenvalue weighted by Gasteiger charge is 2.21. The molecule has 17 heavy (non-hydrogen) atoms. The molecule has 0 saturated heterocycles. The Morgan fingerprint density at radius 1 is 1.06 bits per heavy atom. The Morgan fingerprint density at radius 2 is 1.71 bits per heavy atom. The van der Waals surface area contributed by atoms with E-state index in [0.717, 1.165) is 5.92 Å². The molecular formula is C16H25N. The van der Waals surface area contributed by atoms with Crippen LogP contribution in [0.2, 0.25) is 0 Å². The van der Waals surface area contributed by atoms with Gasteiger partial charge in [-0.05, 0) is 35.8 Å². The number of nitrogens with zero attached hydrogens (tertiary/aromatic N) is 1. The number of pyridine rings is 1. The second kappa shape index (κ2) is 4.80. The second-order valence-electron chi connectivity index (χ2n) is 6.68. The Balaban J connectivity index is 2.08. The molecular weight excluding hydrogens is 206 g/mol. The Kier molecular flexibility index (Phi) is 3.56.